The zero-order valence-corrected chi connectivity index (χ0v) is 11.0. The number of hydrogen-bond donors (Lipinski definition) is 0. The summed E-state index contributed by atoms with van der Waals surface area (Å²) >= 11 is 0. The number of methoxy groups -OCH3 is 1. The Bertz CT molecular complexity index is 645. The first-order valence-corrected chi connectivity index (χ1v) is 6.68. The lowest BCUT2D eigenvalue weighted by molar-refractivity contribution is -0.799. The van der Waals surface area contributed by atoms with Gasteiger partial charge in [-0.1, -0.05) is 6.42 Å². The molecule has 0 bridgehead atoms. The van der Waals surface area contributed by atoms with Gasteiger partial charge in [0, 0.05) is 24.0 Å². The summed E-state index contributed by atoms with van der Waals surface area (Å²) in [6.45, 7) is 0. The third-order valence-corrected chi connectivity index (χ3v) is 3.69. The van der Waals surface area contributed by atoms with E-state index in [2.05, 4.69) is 5.10 Å². The predicted octanol–water partition coefficient (Wildman–Crippen LogP) is 1.99. The molecule has 1 aliphatic carbocycles. The Kier molecular flexibility index (Phi) is 3.19. The fourth-order valence-electron chi connectivity index (χ4n) is 2.64. The van der Waals surface area contributed by atoms with Crippen molar-refractivity contribution in [1.29, 1.82) is 0 Å². The SMILES string of the molecule is COc1ccc2oc(=O)[n+](C3CCCCC3)nc2c1. The van der Waals surface area contributed by atoms with E-state index in [1.807, 2.05) is 0 Å². The molecule has 1 saturated carbocycles. The van der Waals surface area contributed by atoms with E-state index >= 15 is 0 Å². The molecule has 5 heteroatoms. The molecule has 0 atom stereocenters. The molecule has 1 aromatic carbocycles. The van der Waals surface area contributed by atoms with Crippen LogP contribution in [0.1, 0.15) is 38.1 Å². The summed E-state index contributed by atoms with van der Waals surface area (Å²) in [7, 11) is 1.61. The Balaban J connectivity index is 2.08. The number of ether oxygens (including phenoxy) is 1. The number of rotatable bonds is 2. The molecule has 0 aliphatic heterocycles. The largest absolute Gasteiger partial charge is 0.628 e. The summed E-state index contributed by atoms with van der Waals surface area (Å²) in [5.74, 6) is 0.341. The monoisotopic (exact) mass is 261 g/mol. The van der Waals surface area contributed by atoms with Gasteiger partial charge in [0.15, 0.2) is 17.1 Å². The highest BCUT2D eigenvalue weighted by Crippen LogP contribution is 2.23. The molecule has 0 spiro atoms. The van der Waals surface area contributed by atoms with Gasteiger partial charge in [0.05, 0.1) is 7.11 Å². The first kappa shape index (κ1) is 12.1. The van der Waals surface area contributed by atoms with Crippen molar-refractivity contribution in [3.05, 3.63) is 28.7 Å². The molecule has 5 nitrogen and oxygen atoms in total. The minimum atomic E-state index is -0.371. The van der Waals surface area contributed by atoms with E-state index in [0.717, 1.165) is 25.7 Å². The van der Waals surface area contributed by atoms with E-state index in [-0.39, 0.29) is 11.8 Å². The van der Waals surface area contributed by atoms with Crippen LogP contribution in [-0.4, -0.2) is 12.2 Å². The molecule has 3 rings (SSSR count). The summed E-state index contributed by atoms with van der Waals surface area (Å²) < 4.78 is 12.0. The number of nitrogens with zero attached hydrogens (tertiary/aromatic N) is 2. The molecule has 2 aromatic rings. The number of fused-ring (bicyclic) bond motifs is 1. The van der Waals surface area contributed by atoms with Gasteiger partial charge in [-0.05, 0) is 29.7 Å². The quantitative estimate of drug-likeness (QED) is 0.776. The van der Waals surface area contributed by atoms with Gasteiger partial charge in [-0.25, -0.2) is 0 Å². The lowest BCUT2D eigenvalue weighted by atomic mass is 9.96. The van der Waals surface area contributed by atoms with Gasteiger partial charge in [-0.2, -0.15) is 4.79 Å². The van der Waals surface area contributed by atoms with Gasteiger partial charge in [0.25, 0.3) is 0 Å². The maximum absolute atomic E-state index is 12.0. The van der Waals surface area contributed by atoms with Gasteiger partial charge >= 0.3 is 5.76 Å². The van der Waals surface area contributed by atoms with Crippen LogP contribution in [0.15, 0.2) is 27.4 Å². The molecule has 100 valence electrons. The zero-order valence-electron chi connectivity index (χ0n) is 11.0. The molecule has 0 N–H and O–H groups in total. The summed E-state index contributed by atoms with van der Waals surface area (Å²) in [4.78, 5) is 12.0. The van der Waals surface area contributed by atoms with Crippen LogP contribution in [0.2, 0.25) is 0 Å². The molecule has 1 fully saturated rings. The lowest BCUT2D eigenvalue weighted by Crippen LogP contribution is -2.56. The summed E-state index contributed by atoms with van der Waals surface area (Å²) in [6, 6.07) is 5.43. The predicted molar refractivity (Wildman–Crippen MR) is 69.1 cm³/mol. The third-order valence-electron chi connectivity index (χ3n) is 3.69. The Morgan fingerprint density at radius 2 is 2.11 bits per heavy atom. The van der Waals surface area contributed by atoms with E-state index < -0.39 is 0 Å². The molecule has 0 amide bonds. The van der Waals surface area contributed by atoms with Crippen molar-refractivity contribution in [2.75, 3.05) is 7.11 Å². The van der Waals surface area contributed by atoms with Crippen LogP contribution >= 0.6 is 0 Å². The maximum atomic E-state index is 12.0. The van der Waals surface area contributed by atoms with E-state index in [0.29, 0.717) is 16.8 Å². The molecular weight excluding hydrogens is 244 g/mol. The van der Waals surface area contributed by atoms with E-state index in [4.69, 9.17) is 9.15 Å². The smallest absolute Gasteiger partial charge is 0.497 e. The Hall–Kier alpha value is -1.91. The Labute approximate surface area is 110 Å². The maximum Gasteiger partial charge on any atom is 0.628 e. The lowest BCUT2D eigenvalue weighted by Gasteiger charge is -2.14. The van der Waals surface area contributed by atoms with Crippen molar-refractivity contribution in [3.63, 3.8) is 0 Å². The molecule has 1 heterocycles. The molecule has 1 aliphatic rings. The van der Waals surface area contributed by atoms with Crippen molar-refractivity contribution in [3.8, 4) is 5.75 Å². The molecule has 0 saturated heterocycles. The summed E-state index contributed by atoms with van der Waals surface area (Å²) in [5.41, 5.74) is 1.15. The second kappa shape index (κ2) is 4.99. The fraction of sp³-hybridized carbons (Fsp3) is 0.500. The second-order valence-corrected chi connectivity index (χ2v) is 4.94. The van der Waals surface area contributed by atoms with Gasteiger partial charge in [0.2, 0.25) is 0 Å². The van der Waals surface area contributed by atoms with Crippen LogP contribution < -0.4 is 15.2 Å². The first-order valence-electron chi connectivity index (χ1n) is 6.68. The van der Waals surface area contributed by atoms with Crippen LogP contribution in [0, 0.1) is 0 Å². The summed E-state index contributed by atoms with van der Waals surface area (Å²) in [6.07, 6.45) is 5.53. The van der Waals surface area contributed by atoms with Crippen LogP contribution in [0.3, 0.4) is 0 Å². The van der Waals surface area contributed by atoms with Crippen LogP contribution in [-0.2, 0) is 0 Å². The zero-order chi connectivity index (χ0) is 13.2. The van der Waals surface area contributed by atoms with E-state index in [1.165, 1.54) is 11.1 Å². The average molecular weight is 261 g/mol. The fourth-order valence-corrected chi connectivity index (χ4v) is 2.64. The van der Waals surface area contributed by atoms with Crippen LogP contribution in [0.5, 0.6) is 5.75 Å². The normalized spacial score (nSPS) is 16.7. The van der Waals surface area contributed by atoms with E-state index in [9.17, 15) is 4.79 Å². The minimum absolute atomic E-state index is 0.167. The van der Waals surface area contributed by atoms with Crippen molar-refractivity contribution in [2.24, 2.45) is 0 Å². The van der Waals surface area contributed by atoms with Gasteiger partial charge in [-0.3, -0.25) is 0 Å². The number of benzene rings is 1. The molecule has 0 radical (unpaired) electrons. The van der Waals surface area contributed by atoms with Gasteiger partial charge < -0.3 is 9.15 Å². The molecular formula is C14H17N2O3+. The van der Waals surface area contributed by atoms with Crippen LogP contribution in [0.25, 0.3) is 11.1 Å². The Morgan fingerprint density at radius 1 is 1.32 bits per heavy atom. The number of hydrogen-bond acceptors (Lipinski definition) is 4. The topological polar surface area (TPSA) is 56.2 Å². The van der Waals surface area contributed by atoms with Crippen molar-refractivity contribution in [1.82, 2.24) is 5.10 Å². The second-order valence-electron chi connectivity index (χ2n) is 4.94. The number of aromatic nitrogens is 2. The van der Waals surface area contributed by atoms with Crippen LogP contribution in [0.4, 0.5) is 0 Å². The van der Waals surface area contributed by atoms with E-state index in [1.54, 1.807) is 25.3 Å². The molecule has 0 unspecified atom stereocenters. The Morgan fingerprint density at radius 3 is 2.84 bits per heavy atom. The standard InChI is InChI=1S/C14H17N2O3/c1-18-11-7-8-13-12(9-11)15-16(14(17)19-13)10-5-3-2-4-6-10/h7-10H,2-6H2,1H3/q+1. The highest BCUT2D eigenvalue weighted by molar-refractivity contribution is 5.72. The highest BCUT2D eigenvalue weighted by Gasteiger charge is 2.28. The molecule has 19 heavy (non-hydrogen) atoms. The van der Waals surface area contributed by atoms with Gasteiger partial charge in [0.1, 0.15) is 5.75 Å². The van der Waals surface area contributed by atoms with Gasteiger partial charge in [-0.15, -0.1) is 0 Å². The first-order chi connectivity index (χ1) is 9.28. The average Bonchev–Trinajstić information content (AvgIpc) is 2.47. The van der Waals surface area contributed by atoms with Crippen molar-refractivity contribution in [2.45, 2.75) is 38.1 Å². The molecule has 1 aromatic heterocycles. The van der Waals surface area contributed by atoms with Crippen molar-refractivity contribution >= 4 is 11.1 Å². The van der Waals surface area contributed by atoms with Crippen molar-refractivity contribution < 1.29 is 13.8 Å². The summed E-state index contributed by atoms with van der Waals surface area (Å²) in [5, 5.41) is 4.44. The third kappa shape index (κ3) is 2.32. The minimum Gasteiger partial charge on any atom is -0.497 e. The highest BCUT2D eigenvalue weighted by atomic mass is 16.5.